The monoisotopic (exact) mass is 337 g/mol. The van der Waals surface area contributed by atoms with Gasteiger partial charge in [-0.2, -0.15) is 0 Å². The zero-order valence-electron chi connectivity index (χ0n) is 14.3. The minimum atomic E-state index is -1.11. The van der Waals surface area contributed by atoms with Crippen LogP contribution in [-0.4, -0.2) is 45.8 Å². The molecule has 132 valence electrons. The number of hydrogen-bond acceptors (Lipinski definition) is 4. The van der Waals surface area contributed by atoms with E-state index in [0.29, 0.717) is 12.0 Å². The summed E-state index contributed by atoms with van der Waals surface area (Å²) >= 11 is 0. The van der Waals surface area contributed by atoms with Gasteiger partial charge in [-0.15, -0.1) is 0 Å². The lowest BCUT2D eigenvalue weighted by Gasteiger charge is -2.16. The Labute approximate surface area is 140 Å². The first-order chi connectivity index (χ1) is 11.1. The van der Waals surface area contributed by atoms with Crippen LogP contribution in [0.4, 0.5) is 0 Å². The predicted molar refractivity (Wildman–Crippen MR) is 86.8 cm³/mol. The predicted octanol–water partition coefficient (Wildman–Crippen LogP) is 0.573. The van der Waals surface area contributed by atoms with Crippen molar-refractivity contribution in [2.45, 2.75) is 33.2 Å². The molecule has 24 heavy (non-hydrogen) atoms. The molecule has 0 radical (unpaired) electrons. The number of aliphatic carboxylic acids is 1. The summed E-state index contributed by atoms with van der Waals surface area (Å²) in [6.45, 7) is 4.75. The van der Waals surface area contributed by atoms with E-state index in [1.807, 2.05) is 13.8 Å². The Morgan fingerprint density at radius 3 is 2.33 bits per heavy atom. The van der Waals surface area contributed by atoms with E-state index in [1.165, 1.54) is 23.8 Å². The van der Waals surface area contributed by atoms with E-state index in [0.717, 1.165) is 0 Å². The maximum Gasteiger partial charge on any atom is 0.326 e. The Kier molecular flexibility index (Phi) is 6.69. The van der Waals surface area contributed by atoms with Crippen LogP contribution in [0.15, 0.2) is 12.3 Å². The normalized spacial score (nSPS) is 11.9. The molecular weight excluding hydrogens is 314 g/mol. The number of nitrogens with zero attached hydrogens (tertiary/aromatic N) is 1. The van der Waals surface area contributed by atoms with E-state index in [9.17, 15) is 19.2 Å². The van der Waals surface area contributed by atoms with Gasteiger partial charge in [-0.25, -0.2) is 4.79 Å². The Hall–Kier alpha value is -2.64. The molecule has 0 aliphatic carbocycles. The quantitative estimate of drug-likeness (QED) is 0.600. The maximum absolute atomic E-state index is 12.1. The number of hydrogen-bond donors (Lipinski definition) is 3. The number of aryl methyl sites for hydroxylation is 1. The van der Waals surface area contributed by atoms with Crippen molar-refractivity contribution < 1.29 is 24.3 Å². The number of Topliss-reactive ketones (excluding diaryl/α,β-unsaturated/α-hetero) is 1. The van der Waals surface area contributed by atoms with Crippen LogP contribution in [0.1, 0.15) is 48.0 Å². The molecule has 0 aromatic carbocycles. The summed E-state index contributed by atoms with van der Waals surface area (Å²) in [6, 6.07) is 0.447. The Morgan fingerprint density at radius 1 is 1.25 bits per heavy atom. The molecule has 1 rings (SSSR count). The second kappa shape index (κ2) is 8.28. The highest BCUT2D eigenvalue weighted by atomic mass is 16.4. The highest BCUT2D eigenvalue weighted by Gasteiger charge is 2.21. The largest absolute Gasteiger partial charge is 0.480 e. The van der Waals surface area contributed by atoms with Gasteiger partial charge in [0.05, 0.1) is 6.54 Å². The van der Waals surface area contributed by atoms with Crippen LogP contribution in [0.3, 0.4) is 0 Å². The van der Waals surface area contributed by atoms with Crippen molar-refractivity contribution in [3.05, 3.63) is 23.5 Å². The van der Waals surface area contributed by atoms with Crippen molar-refractivity contribution in [3.63, 3.8) is 0 Å². The number of carboxylic acids is 1. The summed E-state index contributed by atoms with van der Waals surface area (Å²) in [5.41, 5.74) is 0.639. The van der Waals surface area contributed by atoms with Gasteiger partial charge in [-0.05, 0) is 25.3 Å². The maximum atomic E-state index is 12.1. The average molecular weight is 337 g/mol. The van der Waals surface area contributed by atoms with Gasteiger partial charge in [0, 0.05) is 18.8 Å². The van der Waals surface area contributed by atoms with Crippen molar-refractivity contribution in [1.82, 2.24) is 15.2 Å². The second-order valence-corrected chi connectivity index (χ2v) is 6.05. The molecule has 0 fully saturated rings. The van der Waals surface area contributed by atoms with Crippen molar-refractivity contribution in [3.8, 4) is 0 Å². The first-order valence-corrected chi connectivity index (χ1v) is 7.59. The topological polar surface area (TPSA) is 118 Å². The van der Waals surface area contributed by atoms with E-state index in [2.05, 4.69) is 10.6 Å². The zero-order valence-corrected chi connectivity index (χ0v) is 14.3. The van der Waals surface area contributed by atoms with Crippen LogP contribution in [0.5, 0.6) is 0 Å². The van der Waals surface area contributed by atoms with E-state index in [1.54, 1.807) is 7.05 Å². The molecule has 1 atom stereocenters. The fourth-order valence-corrected chi connectivity index (χ4v) is 2.17. The van der Waals surface area contributed by atoms with E-state index in [-0.39, 0.29) is 23.9 Å². The summed E-state index contributed by atoms with van der Waals surface area (Å²) in [7, 11) is 1.62. The van der Waals surface area contributed by atoms with Crippen LogP contribution in [0.25, 0.3) is 0 Å². The van der Waals surface area contributed by atoms with Crippen LogP contribution in [0, 0.1) is 5.92 Å². The highest BCUT2D eigenvalue weighted by molar-refractivity contribution is 6.00. The van der Waals surface area contributed by atoms with E-state index < -0.39 is 23.8 Å². The van der Waals surface area contributed by atoms with Crippen molar-refractivity contribution in [1.29, 1.82) is 0 Å². The summed E-state index contributed by atoms with van der Waals surface area (Å²) in [6.07, 6.45) is 1.83. The fraction of sp³-hybridized carbons (Fsp3) is 0.500. The molecule has 1 heterocycles. The van der Waals surface area contributed by atoms with Crippen LogP contribution < -0.4 is 10.6 Å². The van der Waals surface area contributed by atoms with Crippen LogP contribution in [0.2, 0.25) is 0 Å². The summed E-state index contributed by atoms with van der Waals surface area (Å²) in [5.74, 6) is -2.28. The number of aromatic nitrogens is 1. The number of amides is 2. The smallest absolute Gasteiger partial charge is 0.326 e. The summed E-state index contributed by atoms with van der Waals surface area (Å²) < 4.78 is 1.49. The molecule has 0 unspecified atom stereocenters. The molecule has 0 aliphatic heterocycles. The average Bonchev–Trinajstić information content (AvgIpc) is 2.85. The van der Waals surface area contributed by atoms with Crippen LogP contribution in [-0.2, 0) is 16.6 Å². The van der Waals surface area contributed by atoms with Crippen LogP contribution >= 0.6 is 0 Å². The van der Waals surface area contributed by atoms with Gasteiger partial charge in [0.25, 0.3) is 5.91 Å². The third-order valence-corrected chi connectivity index (χ3v) is 3.39. The van der Waals surface area contributed by atoms with E-state index in [4.69, 9.17) is 5.11 Å². The van der Waals surface area contributed by atoms with Gasteiger partial charge < -0.3 is 20.3 Å². The number of rotatable bonds is 8. The molecule has 0 aliphatic rings. The first kappa shape index (κ1) is 19.4. The molecule has 0 saturated heterocycles. The number of carbonyl (C=O) groups excluding carboxylic acids is 3. The number of carbonyl (C=O) groups is 4. The molecule has 2 amide bonds. The third kappa shape index (κ3) is 5.53. The lowest BCUT2D eigenvalue weighted by atomic mass is 10.0. The first-order valence-electron chi connectivity index (χ1n) is 7.59. The zero-order chi connectivity index (χ0) is 18.4. The van der Waals surface area contributed by atoms with Gasteiger partial charge in [-0.3, -0.25) is 14.4 Å². The molecule has 1 aromatic rings. The molecule has 3 N–H and O–H groups in total. The standard InChI is InChI=1S/C16H23N3O5/c1-9(2)5-12(16(23)24)18-14(21)7-17-15(22)13-6-11(10(3)20)8-19(13)4/h6,8-9,12H,5,7H2,1-4H3,(H,17,22)(H,18,21)(H,23,24)/t12-/m0/s1. The SMILES string of the molecule is CC(=O)c1cc(C(=O)NCC(=O)N[C@@H](CC(C)C)C(=O)O)n(C)c1. The lowest BCUT2D eigenvalue weighted by Crippen LogP contribution is -2.46. The minimum absolute atomic E-state index is 0.106. The third-order valence-electron chi connectivity index (χ3n) is 3.39. The van der Waals surface area contributed by atoms with Crippen molar-refractivity contribution in [2.75, 3.05) is 6.54 Å². The van der Waals surface area contributed by atoms with E-state index >= 15 is 0 Å². The molecular formula is C16H23N3O5. The van der Waals surface area contributed by atoms with Gasteiger partial charge in [0.15, 0.2) is 5.78 Å². The molecule has 0 saturated carbocycles. The molecule has 8 nitrogen and oxygen atoms in total. The van der Waals surface area contributed by atoms with Crippen molar-refractivity contribution >= 4 is 23.6 Å². The lowest BCUT2D eigenvalue weighted by molar-refractivity contribution is -0.142. The van der Waals surface area contributed by atoms with Gasteiger partial charge in [-0.1, -0.05) is 13.8 Å². The number of nitrogens with one attached hydrogen (secondary N) is 2. The molecule has 8 heteroatoms. The summed E-state index contributed by atoms with van der Waals surface area (Å²) in [4.78, 5) is 46.3. The second-order valence-electron chi connectivity index (χ2n) is 6.05. The molecule has 1 aromatic heterocycles. The Bertz CT molecular complexity index is 648. The Balaban J connectivity index is 2.61. The fourth-order valence-electron chi connectivity index (χ4n) is 2.17. The summed E-state index contributed by atoms with van der Waals surface area (Å²) in [5, 5.41) is 13.9. The molecule has 0 bridgehead atoms. The molecule has 0 spiro atoms. The number of ketones is 1. The van der Waals surface area contributed by atoms with Gasteiger partial charge in [0.1, 0.15) is 11.7 Å². The van der Waals surface area contributed by atoms with Gasteiger partial charge >= 0.3 is 5.97 Å². The number of carboxylic acid groups (broad SMARTS) is 1. The Morgan fingerprint density at radius 2 is 1.88 bits per heavy atom. The minimum Gasteiger partial charge on any atom is -0.480 e. The highest BCUT2D eigenvalue weighted by Crippen LogP contribution is 2.08. The van der Waals surface area contributed by atoms with Gasteiger partial charge in [0.2, 0.25) is 5.91 Å². The van der Waals surface area contributed by atoms with Crippen molar-refractivity contribution in [2.24, 2.45) is 13.0 Å².